The van der Waals surface area contributed by atoms with E-state index in [1.165, 1.54) is 19.1 Å². The van der Waals surface area contributed by atoms with Gasteiger partial charge < -0.3 is 9.84 Å². The maximum absolute atomic E-state index is 11.3. The Kier molecular flexibility index (Phi) is 6.10. The van der Waals surface area contributed by atoms with Crippen LogP contribution in [0, 0.1) is 10.1 Å². The number of carboxylic acids is 1. The van der Waals surface area contributed by atoms with Gasteiger partial charge in [0.25, 0.3) is 5.69 Å². The van der Waals surface area contributed by atoms with Crippen LogP contribution in [0.2, 0.25) is 0 Å². The van der Waals surface area contributed by atoms with Gasteiger partial charge in [-0.1, -0.05) is 13.0 Å². The van der Waals surface area contributed by atoms with Crippen molar-refractivity contribution in [3.63, 3.8) is 0 Å². The van der Waals surface area contributed by atoms with Gasteiger partial charge in [-0.25, -0.2) is 0 Å². The zero-order valence-corrected chi connectivity index (χ0v) is 13.3. The lowest BCUT2D eigenvalue weighted by Gasteiger charge is -2.26. The molecule has 0 amide bonds. The molecule has 8 heteroatoms. The smallest absolute Gasteiger partial charge is 0.327 e. The van der Waals surface area contributed by atoms with Crippen molar-refractivity contribution in [1.82, 2.24) is 5.32 Å². The first-order valence-corrected chi connectivity index (χ1v) is 7.15. The number of carboxylic acid groups (broad SMARTS) is 1. The number of nitro benzene ring substituents is 1. The number of rotatable bonds is 8. The summed E-state index contributed by atoms with van der Waals surface area (Å²) in [4.78, 5) is 21.6. The fraction of sp³-hybridized carbons (Fsp3) is 0.462. The van der Waals surface area contributed by atoms with E-state index in [9.17, 15) is 20.0 Å². The zero-order chi connectivity index (χ0) is 16.0. The molecule has 0 aliphatic heterocycles. The molecular formula is C13H17BrN2O5. The summed E-state index contributed by atoms with van der Waals surface area (Å²) in [6.07, 6.45) is 0.781. The standard InChI is InChI=1S/C13H17BrN2O5/c1-3-7-15-13(2,12(17)18)8-21-10-6-4-5-9(11(10)14)16(19)20/h4-6,15H,3,7-8H2,1-2H3,(H,17,18). The van der Waals surface area contributed by atoms with Gasteiger partial charge in [0.2, 0.25) is 0 Å². The third-order valence-corrected chi connectivity index (χ3v) is 3.69. The summed E-state index contributed by atoms with van der Waals surface area (Å²) < 4.78 is 5.65. The van der Waals surface area contributed by atoms with E-state index in [1.54, 1.807) is 6.07 Å². The first kappa shape index (κ1) is 17.4. The summed E-state index contributed by atoms with van der Waals surface area (Å²) in [5, 5.41) is 23.0. The summed E-state index contributed by atoms with van der Waals surface area (Å²) >= 11 is 3.10. The average Bonchev–Trinajstić information content (AvgIpc) is 2.43. The van der Waals surface area contributed by atoms with Crippen LogP contribution < -0.4 is 10.1 Å². The predicted molar refractivity (Wildman–Crippen MR) is 80.6 cm³/mol. The molecule has 116 valence electrons. The maximum Gasteiger partial charge on any atom is 0.327 e. The van der Waals surface area contributed by atoms with Crippen molar-refractivity contribution >= 4 is 27.6 Å². The van der Waals surface area contributed by atoms with E-state index in [4.69, 9.17) is 4.74 Å². The third-order valence-electron chi connectivity index (χ3n) is 2.89. The second-order valence-corrected chi connectivity index (χ2v) is 5.49. The quantitative estimate of drug-likeness (QED) is 0.545. The molecule has 2 N–H and O–H groups in total. The molecule has 0 saturated carbocycles. The highest BCUT2D eigenvalue weighted by molar-refractivity contribution is 9.10. The number of hydrogen-bond donors (Lipinski definition) is 2. The van der Waals surface area contributed by atoms with Crippen molar-refractivity contribution in [2.75, 3.05) is 13.2 Å². The maximum atomic E-state index is 11.3. The lowest BCUT2D eigenvalue weighted by molar-refractivity contribution is -0.385. The Labute approximate surface area is 130 Å². The van der Waals surface area contributed by atoms with Crippen LogP contribution in [0.15, 0.2) is 22.7 Å². The van der Waals surface area contributed by atoms with Crippen molar-refractivity contribution < 1.29 is 19.6 Å². The summed E-state index contributed by atoms with van der Waals surface area (Å²) in [6, 6.07) is 4.36. The molecule has 1 unspecified atom stereocenters. The molecule has 7 nitrogen and oxygen atoms in total. The van der Waals surface area contributed by atoms with Crippen LogP contribution >= 0.6 is 15.9 Å². The van der Waals surface area contributed by atoms with E-state index < -0.39 is 16.4 Å². The highest BCUT2D eigenvalue weighted by Gasteiger charge is 2.33. The second-order valence-electron chi connectivity index (χ2n) is 4.70. The fourth-order valence-corrected chi connectivity index (χ4v) is 2.09. The van der Waals surface area contributed by atoms with Gasteiger partial charge in [0, 0.05) is 6.07 Å². The molecule has 0 fully saturated rings. The summed E-state index contributed by atoms with van der Waals surface area (Å²) in [5.41, 5.74) is -1.40. The normalized spacial score (nSPS) is 13.5. The van der Waals surface area contributed by atoms with Gasteiger partial charge in [-0.3, -0.25) is 20.2 Å². The molecule has 21 heavy (non-hydrogen) atoms. The minimum absolute atomic E-state index is 0.133. The Balaban J connectivity index is 2.88. The van der Waals surface area contributed by atoms with E-state index in [-0.39, 0.29) is 22.5 Å². The number of nitrogens with one attached hydrogen (secondary N) is 1. The topological polar surface area (TPSA) is 102 Å². The van der Waals surface area contributed by atoms with Crippen LogP contribution in [-0.2, 0) is 4.79 Å². The van der Waals surface area contributed by atoms with E-state index in [0.717, 1.165) is 6.42 Å². The Hall–Kier alpha value is -1.67. The monoisotopic (exact) mass is 360 g/mol. The zero-order valence-electron chi connectivity index (χ0n) is 11.8. The SMILES string of the molecule is CCCNC(C)(COc1cccc([N+](=O)[O-])c1Br)C(=O)O. The van der Waals surface area contributed by atoms with Crippen LogP contribution in [0.3, 0.4) is 0 Å². The van der Waals surface area contributed by atoms with Crippen molar-refractivity contribution in [1.29, 1.82) is 0 Å². The number of hydrogen-bond acceptors (Lipinski definition) is 5. The summed E-state index contributed by atoms with van der Waals surface area (Å²) in [5.74, 6) is -0.813. The summed E-state index contributed by atoms with van der Waals surface area (Å²) in [7, 11) is 0. The minimum atomic E-state index is -1.26. The van der Waals surface area contributed by atoms with Crippen molar-refractivity contribution in [3.05, 3.63) is 32.8 Å². The average molecular weight is 361 g/mol. The highest BCUT2D eigenvalue weighted by Crippen LogP contribution is 2.34. The van der Waals surface area contributed by atoms with Gasteiger partial charge >= 0.3 is 5.97 Å². The first-order chi connectivity index (χ1) is 9.81. The van der Waals surface area contributed by atoms with Crippen LogP contribution in [0.1, 0.15) is 20.3 Å². The van der Waals surface area contributed by atoms with Crippen molar-refractivity contribution in [2.24, 2.45) is 0 Å². The van der Waals surface area contributed by atoms with Crippen LogP contribution in [0.4, 0.5) is 5.69 Å². The van der Waals surface area contributed by atoms with Crippen LogP contribution in [0.25, 0.3) is 0 Å². The number of nitrogens with zero attached hydrogens (tertiary/aromatic N) is 1. The first-order valence-electron chi connectivity index (χ1n) is 6.36. The molecule has 0 heterocycles. The van der Waals surface area contributed by atoms with Gasteiger partial charge in [-0.05, 0) is 41.9 Å². The molecule has 0 aliphatic rings. The van der Waals surface area contributed by atoms with E-state index >= 15 is 0 Å². The minimum Gasteiger partial charge on any atom is -0.490 e. The van der Waals surface area contributed by atoms with Crippen LogP contribution in [-0.4, -0.2) is 34.7 Å². The second kappa shape index (κ2) is 7.37. The number of carbonyl (C=O) groups is 1. The van der Waals surface area contributed by atoms with E-state index in [2.05, 4.69) is 21.2 Å². The molecule has 0 radical (unpaired) electrons. The van der Waals surface area contributed by atoms with Gasteiger partial charge in [0.05, 0.1) is 4.92 Å². The predicted octanol–water partition coefficient (Wildman–Crippen LogP) is 2.58. The molecule has 0 spiro atoms. The molecule has 1 atom stereocenters. The largest absolute Gasteiger partial charge is 0.490 e. The van der Waals surface area contributed by atoms with Gasteiger partial charge in [0.15, 0.2) is 0 Å². The molecule has 0 aliphatic carbocycles. The van der Waals surface area contributed by atoms with Gasteiger partial charge in [-0.15, -0.1) is 0 Å². The molecule has 1 rings (SSSR count). The fourth-order valence-electron chi connectivity index (χ4n) is 1.56. The number of halogens is 1. The number of benzene rings is 1. The van der Waals surface area contributed by atoms with E-state index in [0.29, 0.717) is 6.54 Å². The molecule has 0 aromatic heterocycles. The van der Waals surface area contributed by atoms with Gasteiger partial charge in [0.1, 0.15) is 22.4 Å². The Morgan fingerprint density at radius 1 is 1.57 bits per heavy atom. The molecule has 1 aromatic carbocycles. The van der Waals surface area contributed by atoms with Gasteiger partial charge in [-0.2, -0.15) is 0 Å². The Morgan fingerprint density at radius 3 is 2.76 bits per heavy atom. The Bertz CT molecular complexity index is 537. The lowest BCUT2D eigenvalue weighted by atomic mass is 10.0. The number of aliphatic carboxylic acids is 1. The summed E-state index contributed by atoms with van der Waals surface area (Å²) in [6.45, 7) is 3.81. The van der Waals surface area contributed by atoms with Crippen molar-refractivity contribution in [2.45, 2.75) is 25.8 Å². The third kappa shape index (κ3) is 4.40. The molecular weight excluding hydrogens is 344 g/mol. The number of ether oxygens (including phenoxy) is 1. The molecule has 0 saturated heterocycles. The lowest BCUT2D eigenvalue weighted by Crippen LogP contribution is -2.54. The number of nitro groups is 1. The van der Waals surface area contributed by atoms with Crippen molar-refractivity contribution in [3.8, 4) is 5.75 Å². The highest BCUT2D eigenvalue weighted by atomic mass is 79.9. The Morgan fingerprint density at radius 2 is 2.24 bits per heavy atom. The van der Waals surface area contributed by atoms with Crippen LogP contribution in [0.5, 0.6) is 5.75 Å². The molecule has 1 aromatic rings. The van der Waals surface area contributed by atoms with E-state index in [1.807, 2.05) is 6.92 Å². The molecule has 0 bridgehead atoms.